The molecule has 0 spiro atoms. The Morgan fingerprint density at radius 1 is 0.852 bits per heavy atom. The summed E-state index contributed by atoms with van der Waals surface area (Å²) in [6.07, 6.45) is 0. The molecule has 27 heavy (non-hydrogen) atoms. The number of piperazine rings is 1. The van der Waals surface area contributed by atoms with Crippen LogP contribution in [0.2, 0.25) is 0 Å². The van der Waals surface area contributed by atoms with Gasteiger partial charge in [0.1, 0.15) is 11.6 Å². The van der Waals surface area contributed by atoms with E-state index in [0.717, 1.165) is 60.4 Å². The van der Waals surface area contributed by atoms with E-state index in [1.165, 1.54) is 0 Å². The Balaban J connectivity index is 1.49. The molecule has 5 nitrogen and oxygen atoms in total. The maximum atomic E-state index is 5.92. The SMILES string of the molecule is COc1ccccc1N1CCN(c2cccc(-c3cccc(N)c3)n2)CC1. The van der Waals surface area contributed by atoms with E-state index in [4.69, 9.17) is 15.5 Å². The van der Waals surface area contributed by atoms with Gasteiger partial charge in [0.25, 0.3) is 0 Å². The predicted molar refractivity (Wildman–Crippen MR) is 112 cm³/mol. The molecule has 5 heteroatoms. The van der Waals surface area contributed by atoms with Gasteiger partial charge in [0.2, 0.25) is 0 Å². The highest BCUT2D eigenvalue weighted by molar-refractivity contribution is 5.66. The van der Waals surface area contributed by atoms with Gasteiger partial charge in [0.05, 0.1) is 18.5 Å². The van der Waals surface area contributed by atoms with Gasteiger partial charge in [-0.05, 0) is 36.4 Å². The quantitative estimate of drug-likeness (QED) is 0.720. The number of hydrogen-bond donors (Lipinski definition) is 1. The second-order valence-electron chi connectivity index (χ2n) is 6.65. The van der Waals surface area contributed by atoms with E-state index in [1.807, 2.05) is 42.5 Å². The molecule has 0 unspecified atom stereocenters. The number of nitrogens with zero attached hydrogens (tertiary/aromatic N) is 3. The Labute approximate surface area is 160 Å². The minimum Gasteiger partial charge on any atom is -0.495 e. The Morgan fingerprint density at radius 3 is 2.37 bits per heavy atom. The lowest BCUT2D eigenvalue weighted by Gasteiger charge is -2.37. The van der Waals surface area contributed by atoms with Crippen molar-refractivity contribution in [1.29, 1.82) is 0 Å². The van der Waals surface area contributed by atoms with Gasteiger partial charge in [0.15, 0.2) is 0 Å². The standard InChI is InChI=1S/C22H24N4O/c1-27-21-10-3-2-9-20(21)25-12-14-26(15-13-25)22-11-5-8-19(24-22)17-6-4-7-18(23)16-17/h2-11,16H,12-15,23H2,1H3. The van der Waals surface area contributed by atoms with Crippen LogP contribution in [0, 0.1) is 0 Å². The van der Waals surface area contributed by atoms with E-state index in [1.54, 1.807) is 7.11 Å². The number of hydrogen-bond acceptors (Lipinski definition) is 5. The molecule has 2 N–H and O–H groups in total. The highest BCUT2D eigenvalue weighted by atomic mass is 16.5. The average Bonchev–Trinajstić information content (AvgIpc) is 2.74. The zero-order chi connectivity index (χ0) is 18.6. The molecule has 1 fully saturated rings. The predicted octanol–water partition coefficient (Wildman–Crippen LogP) is 3.67. The zero-order valence-corrected chi connectivity index (χ0v) is 15.5. The van der Waals surface area contributed by atoms with E-state index < -0.39 is 0 Å². The number of rotatable bonds is 4. The topological polar surface area (TPSA) is 54.6 Å². The van der Waals surface area contributed by atoms with Crippen molar-refractivity contribution in [3.8, 4) is 17.0 Å². The molecule has 0 aliphatic carbocycles. The normalized spacial score (nSPS) is 14.3. The second kappa shape index (κ2) is 7.58. The maximum Gasteiger partial charge on any atom is 0.142 e. The molecule has 4 rings (SSSR count). The third-order valence-corrected chi connectivity index (χ3v) is 4.95. The van der Waals surface area contributed by atoms with E-state index in [-0.39, 0.29) is 0 Å². The van der Waals surface area contributed by atoms with Gasteiger partial charge < -0.3 is 20.3 Å². The Kier molecular flexibility index (Phi) is 4.83. The summed E-state index contributed by atoms with van der Waals surface area (Å²) in [6, 6.07) is 22.2. The van der Waals surface area contributed by atoms with Gasteiger partial charge in [0, 0.05) is 37.4 Å². The van der Waals surface area contributed by atoms with Gasteiger partial charge in [-0.15, -0.1) is 0 Å². The minimum atomic E-state index is 0.755. The molecule has 2 heterocycles. The van der Waals surface area contributed by atoms with Crippen LogP contribution in [-0.2, 0) is 0 Å². The van der Waals surface area contributed by atoms with E-state index in [9.17, 15) is 0 Å². The number of nitrogen functional groups attached to an aromatic ring is 1. The van der Waals surface area contributed by atoms with Crippen molar-refractivity contribution < 1.29 is 4.74 Å². The van der Waals surface area contributed by atoms with Gasteiger partial charge in [-0.25, -0.2) is 4.98 Å². The fourth-order valence-electron chi connectivity index (χ4n) is 3.53. The fraction of sp³-hybridized carbons (Fsp3) is 0.227. The summed E-state index contributed by atoms with van der Waals surface area (Å²) in [5.41, 5.74) is 9.82. The van der Waals surface area contributed by atoms with Crippen LogP contribution in [-0.4, -0.2) is 38.3 Å². The summed E-state index contributed by atoms with van der Waals surface area (Å²) in [5, 5.41) is 0. The molecule has 0 amide bonds. The monoisotopic (exact) mass is 360 g/mol. The van der Waals surface area contributed by atoms with Crippen LogP contribution >= 0.6 is 0 Å². The van der Waals surface area contributed by atoms with Crippen LogP contribution in [0.1, 0.15) is 0 Å². The van der Waals surface area contributed by atoms with Crippen molar-refractivity contribution in [2.24, 2.45) is 0 Å². The van der Waals surface area contributed by atoms with Crippen LogP contribution in [0.5, 0.6) is 5.75 Å². The Morgan fingerprint density at radius 2 is 1.59 bits per heavy atom. The zero-order valence-electron chi connectivity index (χ0n) is 15.5. The average molecular weight is 360 g/mol. The summed E-state index contributed by atoms with van der Waals surface area (Å²) in [6.45, 7) is 3.71. The first-order chi connectivity index (χ1) is 13.2. The summed E-state index contributed by atoms with van der Waals surface area (Å²) in [7, 11) is 1.72. The molecule has 0 saturated carbocycles. The van der Waals surface area contributed by atoms with Gasteiger partial charge in [-0.2, -0.15) is 0 Å². The molecule has 1 aliphatic heterocycles. The fourth-order valence-corrected chi connectivity index (χ4v) is 3.53. The molecule has 0 bridgehead atoms. The first-order valence-corrected chi connectivity index (χ1v) is 9.20. The van der Waals surface area contributed by atoms with E-state index in [0.29, 0.717) is 0 Å². The minimum absolute atomic E-state index is 0.755. The maximum absolute atomic E-state index is 5.92. The van der Waals surface area contributed by atoms with Crippen LogP contribution < -0.4 is 20.3 Å². The van der Waals surface area contributed by atoms with Crippen molar-refractivity contribution >= 4 is 17.2 Å². The lowest BCUT2D eigenvalue weighted by Crippen LogP contribution is -2.47. The lowest BCUT2D eigenvalue weighted by molar-refractivity contribution is 0.413. The lowest BCUT2D eigenvalue weighted by atomic mass is 10.1. The molecule has 138 valence electrons. The van der Waals surface area contributed by atoms with Crippen molar-refractivity contribution in [2.75, 3.05) is 48.8 Å². The van der Waals surface area contributed by atoms with Crippen molar-refractivity contribution in [3.05, 3.63) is 66.7 Å². The number of aromatic nitrogens is 1. The first-order valence-electron chi connectivity index (χ1n) is 9.20. The largest absolute Gasteiger partial charge is 0.495 e. The highest BCUT2D eigenvalue weighted by Gasteiger charge is 2.20. The number of ether oxygens (including phenoxy) is 1. The van der Waals surface area contributed by atoms with Crippen molar-refractivity contribution in [1.82, 2.24) is 4.98 Å². The summed E-state index contributed by atoms with van der Waals surface area (Å²) >= 11 is 0. The molecule has 2 aromatic carbocycles. The highest BCUT2D eigenvalue weighted by Crippen LogP contribution is 2.29. The Hall–Kier alpha value is -3.21. The van der Waals surface area contributed by atoms with E-state index in [2.05, 4.69) is 34.1 Å². The van der Waals surface area contributed by atoms with Gasteiger partial charge in [-0.1, -0.05) is 30.3 Å². The van der Waals surface area contributed by atoms with Crippen molar-refractivity contribution in [3.63, 3.8) is 0 Å². The summed E-state index contributed by atoms with van der Waals surface area (Å²) < 4.78 is 5.51. The number of nitrogens with two attached hydrogens (primary N) is 1. The summed E-state index contributed by atoms with van der Waals surface area (Å²) in [5.74, 6) is 1.93. The number of benzene rings is 2. The third kappa shape index (κ3) is 3.67. The van der Waals surface area contributed by atoms with E-state index >= 15 is 0 Å². The molecule has 0 atom stereocenters. The Bertz CT molecular complexity index is 919. The summed E-state index contributed by atoms with van der Waals surface area (Å²) in [4.78, 5) is 9.57. The number of para-hydroxylation sites is 2. The van der Waals surface area contributed by atoms with Crippen LogP contribution in [0.25, 0.3) is 11.3 Å². The smallest absolute Gasteiger partial charge is 0.142 e. The van der Waals surface area contributed by atoms with Crippen LogP contribution in [0.3, 0.4) is 0 Å². The molecular weight excluding hydrogens is 336 g/mol. The molecule has 3 aromatic rings. The molecular formula is C22H24N4O. The van der Waals surface area contributed by atoms with Crippen LogP contribution in [0.15, 0.2) is 66.7 Å². The third-order valence-electron chi connectivity index (χ3n) is 4.95. The number of pyridine rings is 1. The molecule has 1 aliphatic rings. The molecule has 0 radical (unpaired) electrons. The van der Waals surface area contributed by atoms with Gasteiger partial charge >= 0.3 is 0 Å². The second-order valence-corrected chi connectivity index (χ2v) is 6.65. The van der Waals surface area contributed by atoms with Crippen molar-refractivity contribution in [2.45, 2.75) is 0 Å². The first kappa shape index (κ1) is 17.2. The van der Waals surface area contributed by atoms with Gasteiger partial charge in [-0.3, -0.25) is 0 Å². The van der Waals surface area contributed by atoms with Crippen LogP contribution in [0.4, 0.5) is 17.2 Å². The molecule has 1 saturated heterocycles. The number of methoxy groups -OCH3 is 1. The number of anilines is 3. The molecule has 1 aromatic heterocycles.